The third kappa shape index (κ3) is 6.73. The molecule has 5 heteroatoms. The third-order valence-electron chi connectivity index (χ3n) is 5.83. The SMILES string of the molecule is CC(C)(C)OC(=O)c1ccc(-c2ccc(CN3CCN(Cc4ccncc4)CC3)cc2)cc1. The van der Waals surface area contributed by atoms with E-state index >= 15 is 0 Å². The molecule has 0 radical (unpaired) electrons. The summed E-state index contributed by atoms with van der Waals surface area (Å²) in [6.07, 6.45) is 3.73. The highest BCUT2D eigenvalue weighted by Crippen LogP contribution is 2.22. The topological polar surface area (TPSA) is 45.7 Å². The molecule has 0 saturated carbocycles. The van der Waals surface area contributed by atoms with Crippen LogP contribution in [0.5, 0.6) is 0 Å². The van der Waals surface area contributed by atoms with Gasteiger partial charge in [0.05, 0.1) is 5.56 Å². The molecule has 172 valence electrons. The average molecular weight is 444 g/mol. The van der Waals surface area contributed by atoms with E-state index in [4.69, 9.17) is 4.74 Å². The predicted molar refractivity (Wildman–Crippen MR) is 132 cm³/mol. The fourth-order valence-electron chi connectivity index (χ4n) is 4.05. The van der Waals surface area contributed by atoms with E-state index in [0.717, 1.165) is 50.4 Å². The molecule has 1 fully saturated rings. The van der Waals surface area contributed by atoms with Crippen molar-refractivity contribution in [2.24, 2.45) is 0 Å². The molecule has 0 amide bonds. The second-order valence-electron chi connectivity index (χ2n) is 9.68. The van der Waals surface area contributed by atoms with Crippen LogP contribution in [-0.2, 0) is 17.8 Å². The Hall–Kier alpha value is -3.02. The van der Waals surface area contributed by atoms with E-state index in [9.17, 15) is 4.79 Å². The summed E-state index contributed by atoms with van der Waals surface area (Å²) >= 11 is 0. The Kier molecular flexibility index (Phi) is 7.21. The average Bonchev–Trinajstić information content (AvgIpc) is 2.81. The van der Waals surface area contributed by atoms with Crippen LogP contribution in [0.2, 0.25) is 0 Å². The zero-order valence-electron chi connectivity index (χ0n) is 19.8. The van der Waals surface area contributed by atoms with Gasteiger partial charge in [0, 0.05) is 51.7 Å². The first-order chi connectivity index (χ1) is 15.9. The van der Waals surface area contributed by atoms with Crippen molar-refractivity contribution < 1.29 is 9.53 Å². The van der Waals surface area contributed by atoms with E-state index in [1.54, 1.807) is 0 Å². The molecule has 1 aromatic heterocycles. The van der Waals surface area contributed by atoms with Gasteiger partial charge in [0.25, 0.3) is 0 Å². The molecule has 0 aliphatic carbocycles. The van der Waals surface area contributed by atoms with Crippen molar-refractivity contribution in [3.05, 3.63) is 89.7 Å². The van der Waals surface area contributed by atoms with Crippen molar-refractivity contribution in [1.29, 1.82) is 0 Å². The van der Waals surface area contributed by atoms with Crippen LogP contribution >= 0.6 is 0 Å². The van der Waals surface area contributed by atoms with E-state index in [1.807, 2.05) is 57.4 Å². The van der Waals surface area contributed by atoms with Crippen molar-refractivity contribution in [2.45, 2.75) is 39.5 Å². The highest BCUT2D eigenvalue weighted by molar-refractivity contribution is 5.90. The van der Waals surface area contributed by atoms with Gasteiger partial charge in [0.15, 0.2) is 0 Å². The minimum atomic E-state index is -0.488. The molecule has 0 bridgehead atoms. The summed E-state index contributed by atoms with van der Waals surface area (Å²) in [5, 5.41) is 0. The van der Waals surface area contributed by atoms with E-state index in [-0.39, 0.29) is 5.97 Å². The number of ether oxygens (including phenoxy) is 1. The fourth-order valence-corrected chi connectivity index (χ4v) is 4.05. The van der Waals surface area contributed by atoms with Crippen molar-refractivity contribution in [2.75, 3.05) is 26.2 Å². The van der Waals surface area contributed by atoms with Crippen molar-refractivity contribution in [3.63, 3.8) is 0 Å². The van der Waals surface area contributed by atoms with Gasteiger partial charge in [0.2, 0.25) is 0 Å². The zero-order valence-corrected chi connectivity index (χ0v) is 19.8. The molecule has 3 aromatic rings. The summed E-state index contributed by atoms with van der Waals surface area (Å²) in [6, 6.07) is 20.6. The number of carbonyl (C=O) groups is 1. The van der Waals surface area contributed by atoms with Gasteiger partial charge in [-0.2, -0.15) is 0 Å². The standard InChI is InChI=1S/C28H33N3O2/c1-28(2,3)33-27(32)26-10-8-25(9-11-26)24-6-4-22(5-7-24)20-30-16-18-31(19-17-30)21-23-12-14-29-15-13-23/h4-15H,16-21H2,1-3H3. The van der Waals surface area contributed by atoms with E-state index in [1.165, 1.54) is 11.1 Å². The van der Waals surface area contributed by atoms with Crippen LogP contribution in [0.3, 0.4) is 0 Å². The first-order valence-electron chi connectivity index (χ1n) is 11.6. The molecule has 33 heavy (non-hydrogen) atoms. The Bertz CT molecular complexity index is 1030. The van der Waals surface area contributed by atoms with Gasteiger partial charge in [-0.25, -0.2) is 4.79 Å². The number of pyridine rings is 1. The summed E-state index contributed by atoms with van der Waals surface area (Å²) in [5.74, 6) is -0.287. The van der Waals surface area contributed by atoms with Gasteiger partial charge in [-0.05, 0) is 67.3 Å². The molecule has 2 heterocycles. The Morgan fingerprint density at radius 2 is 1.21 bits per heavy atom. The molecule has 0 N–H and O–H groups in total. The lowest BCUT2D eigenvalue weighted by molar-refractivity contribution is 0.00695. The Morgan fingerprint density at radius 3 is 1.70 bits per heavy atom. The lowest BCUT2D eigenvalue weighted by Crippen LogP contribution is -2.45. The highest BCUT2D eigenvalue weighted by Gasteiger charge is 2.18. The summed E-state index contributed by atoms with van der Waals surface area (Å²) in [6.45, 7) is 11.9. The number of piperazine rings is 1. The van der Waals surface area contributed by atoms with Crippen LogP contribution < -0.4 is 0 Å². The smallest absolute Gasteiger partial charge is 0.338 e. The lowest BCUT2D eigenvalue weighted by atomic mass is 10.0. The van der Waals surface area contributed by atoms with Gasteiger partial charge in [-0.15, -0.1) is 0 Å². The van der Waals surface area contributed by atoms with Crippen molar-refractivity contribution in [1.82, 2.24) is 14.8 Å². The van der Waals surface area contributed by atoms with Gasteiger partial charge in [-0.1, -0.05) is 36.4 Å². The highest BCUT2D eigenvalue weighted by atomic mass is 16.6. The second-order valence-corrected chi connectivity index (χ2v) is 9.68. The summed E-state index contributed by atoms with van der Waals surface area (Å²) < 4.78 is 5.44. The number of carbonyl (C=O) groups excluding carboxylic acids is 1. The number of benzene rings is 2. The van der Waals surface area contributed by atoms with Crippen LogP contribution in [0.15, 0.2) is 73.1 Å². The molecule has 2 aromatic carbocycles. The number of esters is 1. The molecular formula is C28H33N3O2. The normalized spacial score (nSPS) is 15.4. The molecule has 5 nitrogen and oxygen atoms in total. The number of aromatic nitrogens is 1. The zero-order chi connectivity index (χ0) is 23.3. The third-order valence-corrected chi connectivity index (χ3v) is 5.83. The summed E-state index contributed by atoms with van der Waals surface area (Å²) in [5.41, 5.74) is 4.99. The Labute approximate surface area is 197 Å². The molecule has 0 spiro atoms. The number of hydrogen-bond donors (Lipinski definition) is 0. The van der Waals surface area contributed by atoms with E-state index in [0.29, 0.717) is 5.56 Å². The first-order valence-corrected chi connectivity index (χ1v) is 11.6. The molecule has 1 saturated heterocycles. The predicted octanol–water partition coefficient (Wildman–Crippen LogP) is 5.02. The Balaban J connectivity index is 1.28. The fraction of sp³-hybridized carbons (Fsp3) is 0.357. The maximum Gasteiger partial charge on any atom is 0.338 e. The van der Waals surface area contributed by atoms with Crippen LogP contribution in [0, 0.1) is 0 Å². The largest absolute Gasteiger partial charge is 0.456 e. The van der Waals surface area contributed by atoms with Crippen LogP contribution in [0.25, 0.3) is 11.1 Å². The molecule has 1 aliphatic heterocycles. The van der Waals surface area contributed by atoms with E-state index in [2.05, 4.69) is 51.2 Å². The van der Waals surface area contributed by atoms with Gasteiger partial charge < -0.3 is 4.74 Å². The number of nitrogens with zero attached hydrogens (tertiary/aromatic N) is 3. The summed E-state index contributed by atoms with van der Waals surface area (Å²) in [4.78, 5) is 21.4. The van der Waals surface area contributed by atoms with Gasteiger partial charge in [-0.3, -0.25) is 14.8 Å². The minimum absolute atomic E-state index is 0.287. The maximum absolute atomic E-state index is 12.2. The second kappa shape index (κ2) is 10.3. The van der Waals surface area contributed by atoms with Crippen LogP contribution in [-0.4, -0.2) is 52.5 Å². The first kappa shape index (κ1) is 23.1. The lowest BCUT2D eigenvalue weighted by Gasteiger charge is -2.34. The maximum atomic E-state index is 12.2. The van der Waals surface area contributed by atoms with Crippen molar-refractivity contribution in [3.8, 4) is 11.1 Å². The number of rotatable bonds is 6. The quantitative estimate of drug-likeness (QED) is 0.501. The van der Waals surface area contributed by atoms with Gasteiger partial charge >= 0.3 is 5.97 Å². The van der Waals surface area contributed by atoms with E-state index < -0.39 is 5.60 Å². The molecule has 4 rings (SSSR count). The van der Waals surface area contributed by atoms with Gasteiger partial charge in [0.1, 0.15) is 5.60 Å². The van der Waals surface area contributed by atoms with Crippen LogP contribution in [0.4, 0.5) is 0 Å². The summed E-state index contributed by atoms with van der Waals surface area (Å²) in [7, 11) is 0. The van der Waals surface area contributed by atoms with Crippen LogP contribution in [0.1, 0.15) is 42.3 Å². The molecule has 0 unspecified atom stereocenters. The molecule has 0 atom stereocenters. The monoisotopic (exact) mass is 443 g/mol. The number of hydrogen-bond acceptors (Lipinski definition) is 5. The molecular weight excluding hydrogens is 410 g/mol. The minimum Gasteiger partial charge on any atom is -0.456 e. The Morgan fingerprint density at radius 1 is 0.758 bits per heavy atom. The van der Waals surface area contributed by atoms with Crippen molar-refractivity contribution >= 4 is 5.97 Å². The molecule has 1 aliphatic rings.